The van der Waals surface area contributed by atoms with E-state index in [9.17, 15) is 0 Å². The van der Waals surface area contributed by atoms with E-state index in [1.165, 1.54) is 0 Å². The second kappa shape index (κ2) is 7.47. The molecular weight excluding hydrogens is 370 g/mol. The van der Waals surface area contributed by atoms with E-state index < -0.39 is 0 Å². The molecule has 0 saturated carbocycles. The minimum Gasteiger partial charge on any atom is -0.494 e. The minimum absolute atomic E-state index is 0.594. The number of para-hydroxylation sites is 1. The van der Waals surface area contributed by atoms with E-state index in [0.717, 1.165) is 67.6 Å². The predicted octanol–water partition coefficient (Wildman–Crippen LogP) is 1.96. The zero-order valence-corrected chi connectivity index (χ0v) is 16.8. The summed E-state index contributed by atoms with van der Waals surface area (Å²) in [5.74, 6) is 3.58. The lowest BCUT2D eigenvalue weighted by Gasteiger charge is -2.28. The first-order valence-electron chi connectivity index (χ1n) is 10.1. The van der Waals surface area contributed by atoms with Crippen molar-refractivity contribution in [2.75, 3.05) is 56.3 Å². The molecule has 2 fully saturated rings. The van der Waals surface area contributed by atoms with Gasteiger partial charge in [0.15, 0.2) is 0 Å². The summed E-state index contributed by atoms with van der Waals surface area (Å²) >= 11 is 0. The van der Waals surface area contributed by atoms with Crippen molar-refractivity contribution in [2.24, 2.45) is 0 Å². The maximum Gasteiger partial charge on any atom is 0.242 e. The van der Waals surface area contributed by atoms with Crippen LogP contribution in [0.1, 0.15) is 18.7 Å². The van der Waals surface area contributed by atoms with E-state index in [1.54, 1.807) is 7.11 Å². The third-order valence-corrected chi connectivity index (χ3v) is 5.52. The fraction of sp³-hybridized carbons (Fsp3) is 0.500. The molecule has 0 unspecified atom stereocenters. The lowest BCUT2D eigenvalue weighted by atomic mass is 10.3. The normalized spacial score (nSPS) is 17.3. The number of imidazole rings is 1. The van der Waals surface area contributed by atoms with E-state index >= 15 is 0 Å². The number of hydrogen-bond acceptors (Lipinski definition) is 8. The molecular formula is C20H25N7O2. The highest BCUT2D eigenvalue weighted by Gasteiger charge is 2.23. The maximum atomic E-state index is 5.50. The van der Waals surface area contributed by atoms with Gasteiger partial charge in [0.25, 0.3) is 0 Å². The van der Waals surface area contributed by atoms with Crippen molar-refractivity contribution in [3.05, 3.63) is 24.0 Å². The summed E-state index contributed by atoms with van der Waals surface area (Å²) in [6.07, 6.45) is 2.33. The molecule has 0 bridgehead atoms. The van der Waals surface area contributed by atoms with Crippen molar-refractivity contribution >= 4 is 22.9 Å². The number of fused-ring (bicyclic) bond motifs is 1. The molecule has 0 spiro atoms. The Morgan fingerprint density at radius 1 is 0.862 bits per heavy atom. The number of methoxy groups -OCH3 is 1. The number of benzene rings is 1. The SMILES string of the molecule is COc1cccc2c1nc(C)n2-c1nc(N2CCCC2)nc(N2CCOCC2)n1. The zero-order chi connectivity index (χ0) is 19.8. The molecule has 0 amide bonds. The fourth-order valence-electron chi connectivity index (χ4n) is 4.01. The van der Waals surface area contributed by atoms with Gasteiger partial charge in [-0.2, -0.15) is 15.0 Å². The van der Waals surface area contributed by atoms with Crippen LogP contribution in [0.3, 0.4) is 0 Å². The molecule has 3 aromatic rings. The van der Waals surface area contributed by atoms with Crippen molar-refractivity contribution in [3.63, 3.8) is 0 Å². The first kappa shape index (κ1) is 18.1. The molecule has 9 heteroatoms. The number of aryl methyl sites for hydroxylation is 1. The van der Waals surface area contributed by atoms with Crippen LogP contribution < -0.4 is 14.5 Å². The van der Waals surface area contributed by atoms with Crippen LogP contribution in [0.15, 0.2) is 18.2 Å². The molecule has 0 aliphatic carbocycles. The van der Waals surface area contributed by atoms with E-state index in [0.29, 0.717) is 25.1 Å². The molecule has 5 rings (SSSR count). The summed E-state index contributed by atoms with van der Waals surface area (Å²) < 4.78 is 13.0. The molecule has 9 nitrogen and oxygen atoms in total. The molecule has 152 valence electrons. The number of hydrogen-bond donors (Lipinski definition) is 0. The summed E-state index contributed by atoms with van der Waals surface area (Å²) in [6.45, 7) is 6.84. The van der Waals surface area contributed by atoms with Crippen LogP contribution in [0.2, 0.25) is 0 Å². The van der Waals surface area contributed by atoms with Gasteiger partial charge < -0.3 is 19.3 Å². The van der Waals surface area contributed by atoms with Gasteiger partial charge >= 0.3 is 0 Å². The van der Waals surface area contributed by atoms with Crippen LogP contribution in [0.4, 0.5) is 11.9 Å². The summed E-state index contributed by atoms with van der Waals surface area (Å²) in [4.78, 5) is 23.6. The van der Waals surface area contributed by atoms with Crippen LogP contribution >= 0.6 is 0 Å². The Balaban J connectivity index is 1.67. The van der Waals surface area contributed by atoms with Crippen molar-refractivity contribution in [2.45, 2.75) is 19.8 Å². The zero-order valence-electron chi connectivity index (χ0n) is 16.8. The van der Waals surface area contributed by atoms with E-state index in [4.69, 9.17) is 29.4 Å². The van der Waals surface area contributed by atoms with Crippen molar-refractivity contribution in [1.82, 2.24) is 24.5 Å². The Morgan fingerprint density at radius 2 is 1.52 bits per heavy atom. The molecule has 1 aromatic carbocycles. The van der Waals surface area contributed by atoms with Gasteiger partial charge in [0.05, 0.1) is 25.8 Å². The van der Waals surface area contributed by atoms with E-state index in [-0.39, 0.29) is 0 Å². The molecule has 2 aliphatic rings. The molecule has 0 radical (unpaired) electrons. The Morgan fingerprint density at radius 3 is 2.21 bits per heavy atom. The summed E-state index contributed by atoms with van der Waals surface area (Å²) in [6, 6.07) is 5.90. The number of rotatable bonds is 4. The highest BCUT2D eigenvalue weighted by atomic mass is 16.5. The molecule has 2 aromatic heterocycles. The Hall–Kier alpha value is -2.94. The van der Waals surface area contributed by atoms with Gasteiger partial charge in [-0.3, -0.25) is 4.57 Å². The van der Waals surface area contributed by atoms with Crippen LogP contribution in [0, 0.1) is 6.92 Å². The minimum atomic E-state index is 0.594. The van der Waals surface area contributed by atoms with Gasteiger partial charge in [0.1, 0.15) is 17.1 Å². The molecule has 4 heterocycles. The lowest BCUT2D eigenvalue weighted by molar-refractivity contribution is 0.122. The van der Waals surface area contributed by atoms with Crippen LogP contribution in [0.25, 0.3) is 17.0 Å². The van der Waals surface area contributed by atoms with Crippen molar-refractivity contribution in [1.29, 1.82) is 0 Å². The molecule has 2 aliphatic heterocycles. The third kappa shape index (κ3) is 3.25. The monoisotopic (exact) mass is 395 g/mol. The third-order valence-electron chi connectivity index (χ3n) is 5.52. The second-order valence-electron chi connectivity index (χ2n) is 7.35. The average molecular weight is 395 g/mol. The quantitative estimate of drug-likeness (QED) is 0.663. The number of aromatic nitrogens is 5. The highest BCUT2D eigenvalue weighted by molar-refractivity contribution is 5.83. The summed E-state index contributed by atoms with van der Waals surface area (Å²) in [7, 11) is 1.66. The number of morpholine rings is 1. The lowest BCUT2D eigenvalue weighted by Crippen LogP contribution is -2.38. The van der Waals surface area contributed by atoms with Gasteiger partial charge in [-0.15, -0.1) is 0 Å². The van der Waals surface area contributed by atoms with Crippen molar-refractivity contribution < 1.29 is 9.47 Å². The molecule has 0 atom stereocenters. The van der Waals surface area contributed by atoms with Gasteiger partial charge in [-0.1, -0.05) is 6.07 Å². The average Bonchev–Trinajstić information content (AvgIpc) is 3.41. The molecule has 0 N–H and O–H groups in total. The maximum absolute atomic E-state index is 5.50. The number of ether oxygens (including phenoxy) is 2. The van der Waals surface area contributed by atoms with Gasteiger partial charge in [0, 0.05) is 26.2 Å². The van der Waals surface area contributed by atoms with Crippen molar-refractivity contribution in [3.8, 4) is 11.7 Å². The smallest absolute Gasteiger partial charge is 0.242 e. The standard InChI is InChI=1S/C20H25N7O2/c1-14-21-17-15(6-5-7-16(17)28-2)27(14)20-23-18(25-8-3-4-9-25)22-19(24-20)26-10-12-29-13-11-26/h5-7H,3-4,8-13H2,1-2H3. The highest BCUT2D eigenvalue weighted by Crippen LogP contribution is 2.28. The topological polar surface area (TPSA) is 81.4 Å². The van der Waals surface area contributed by atoms with Crippen LogP contribution in [-0.4, -0.2) is 71.0 Å². The van der Waals surface area contributed by atoms with Crippen LogP contribution in [-0.2, 0) is 4.74 Å². The first-order chi connectivity index (χ1) is 14.2. The first-order valence-corrected chi connectivity index (χ1v) is 10.1. The number of anilines is 2. The van der Waals surface area contributed by atoms with Crippen LogP contribution in [0.5, 0.6) is 5.75 Å². The number of nitrogens with zero attached hydrogens (tertiary/aromatic N) is 7. The summed E-state index contributed by atoms with van der Waals surface area (Å²) in [5, 5.41) is 0. The second-order valence-corrected chi connectivity index (χ2v) is 7.35. The summed E-state index contributed by atoms with van der Waals surface area (Å²) in [5.41, 5.74) is 1.73. The molecule has 2 saturated heterocycles. The Labute approximate surface area is 169 Å². The predicted molar refractivity (Wildman–Crippen MR) is 110 cm³/mol. The fourth-order valence-corrected chi connectivity index (χ4v) is 4.01. The molecule has 29 heavy (non-hydrogen) atoms. The van der Waals surface area contributed by atoms with Gasteiger partial charge in [-0.25, -0.2) is 4.98 Å². The van der Waals surface area contributed by atoms with E-state index in [2.05, 4.69) is 9.80 Å². The van der Waals surface area contributed by atoms with Gasteiger partial charge in [0.2, 0.25) is 17.8 Å². The van der Waals surface area contributed by atoms with Gasteiger partial charge in [-0.05, 0) is 31.9 Å². The largest absolute Gasteiger partial charge is 0.494 e. The Bertz CT molecular complexity index is 1020. The Kier molecular flexibility index (Phi) is 4.67. The van der Waals surface area contributed by atoms with E-state index in [1.807, 2.05) is 29.7 Å².